The van der Waals surface area contributed by atoms with Gasteiger partial charge in [0.15, 0.2) is 11.4 Å². The van der Waals surface area contributed by atoms with E-state index in [4.69, 9.17) is 9.47 Å². The molecular formula is C14H19N3O2. The van der Waals surface area contributed by atoms with E-state index in [2.05, 4.69) is 16.1 Å². The number of fused-ring (bicyclic) bond motifs is 1. The molecule has 102 valence electrons. The Morgan fingerprint density at radius 3 is 3.00 bits per heavy atom. The van der Waals surface area contributed by atoms with E-state index >= 15 is 0 Å². The molecule has 0 atom stereocenters. The molecule has 0 unspecified atom stereocenters. The molecule has 0 amide bonds. The van der Waals surface area contributed by atoms with Crippen LogP contribution in [0, 0.1) is 0 Å². The largest absolute Gasteiger partial charge is 0.493 e. The van der Waals surface area contributed by atoms with Crippen molar-refractivity contribution in [3.8, 4) is 5.75 Å². The second kappa shape index (κ2) is 5.59. The van der Waals surface area contributed by atoms with E-state index in [0.717, 1.165) is 56.4 Å². The van der Waals surface area contributed by atoms with E-state index in [1.54, 1.807) is 7.11 Å². The molecule has 3 rings (SSSR count). The highest BCUT2D eigenvalue weighted by molar-refractivity contribution is 5.54. The van der Waals surface area contributed by atoms with E-state index in [1.807, 2.05) is 22.7 Å². The first-order valence-electron chi connectivity index (χ1n) is 6.67. The van der Waals surface area contributed by atoms with Crippen LogP contribution in [0.15, 0.2) is 24.5 Å². The summed E-state index contributed by atoms with van der Waals surface area (Å²) in [6.07, 6.45) is 5.05. The maximum absolute atomic E-state index is 5.35. The van der Waals surface area contributed by atoms with Crippen molar-refractivity contribution in [2.75, 3.05) is 40.0 Å². The second-order valence-corrected chi connectivity index (χ2v) is 4.74. The smallest absolute Gasteiger partial charge is 0.179 e. The molecule has 0 aromatic carbocycles. The maximum Gasteiger partial charge on any atom is 0.179 e. The summed E-state index contributed by atoms with van der Waals surface area (Å²) >= 11 is 0. The van der Waals surface area contributed by atoms with Crippen LogP contribution in [0.25, 0.3) is 5.65 Å². The van der Waals surface area contributed by atoms with Crippen LogP contribution >= 0.6 is 0 Å². The number of pyridine rings is 1. The quantitative estimate of drug-likeness (QED) is 0.829. The molecule has 0 bridgehead atoms. The van der Waals surface area contributed by atoms with Gasteiger partial charge in [-0.15, -0.1) is 0 Å². The fourth-order valence-corrected chi connectivity index (χ4v) is 2.42. The van der Waals surface area contributed by atoms with Crippen molar-refractivity contribution in [3.05, 3.63) is 30.2 Å². The summed E-state index contributed by atoms with van der Waals surface area (Å²) in [5, 5.41) is 0. The Morgan fingerprint density at radius 2 is 2.21 bits per heavy atom. The van der Waals surface area contributed by atoms with Gasteiger partial charge >= 0.3 is 0 Å². The summed E-state index contributed by atoms with van der Waals surface area (Å²) in [5.41, 5.74) is 2.00. The fraction of sp³-hybridized carbons (Fsp3) is 0.500. The zero-order valence-corrected chi connectivity index (χ0v) is 11.2. The van der Waals surface area contributed by atoms with Gasteiger partial charge < -0.3 is 13.9 Å². The molecule has 3 heterocycles. The third-order valence-electron chi connectivity index (χ3n) is 3.50. The number of methoxy groups -OCH3 is 1. The van der Waals surface area contributed by atoms with Crippen LogP contribution in [0.4, 0.5) is 0 Å². The van der Waals surface area contributed by atoms with Gasteiger partial charge in [0.1, 0.15) is 0 Å². The van der Waals surface area contributed by atoms with E-state index in [1.165, 1.54) is 0 Å². The van der Waals surface area contributed by atoms with Crippen molar-refractivity contribution < 1.29 is 9.47 Å². The number of hydrogen-bond acceptors (Lipinski definition) is 4. The van der Waals surface area contributed by atoms with E-state index in [9.17, 15) is 0 Å². The summed E-state index contributed by atoms with van der Waals surface area (Å²) in [7, 11) is 1.68. The highest BCUT2D eigenvalue weighted by Gasteiger charge is 2.12. The minimum atomic E-state index is 0.820. The molecule has 2 aromatic rings. The molecule has 1 aliphatic rings. The molecule has 0 spiro atoms. The molecule has 1 aliphatic heterocycles. The standard InChI is InChI=1S/C14H19N3O2/c1-18-13-3-2-5-17-11-12(15-14(13)17)4-6-16-7-9-19-10-8-16/h2-3,5,11H,4,6-10H2,1H3. The normalized spacial score (nSPS) is 16.9. The van der Waals surface area contributed by atoms with Gasteiger partial charge in [-0.25, -0.2) is 4.98 Å². The lowest BCUT2D eigenvalue weighted by molar-refractivity contribution is 0.0383. The zero-order valence-electron chi connectivity index (χ0n) is 11.2. The molecule has 0 aliphatic carbocycles. The molecule has 19 heavy (non-hydrogen) atoms. The minimum Gasteiger partial charge on any atom is -0.493 e. The van der Waals surface area contributed by atoms with Gasteiger partial charge in [-0.2, -0.15) is 0 Å². The SMILES string of the molecule is COc1cccn2cc(CCN3CCOCC3)nc12. The van der Waals surface area contributed by atoms with Crippen molar-refractivity contribution in [2.45, 2.75) is 6.42 Å². The molecule has 0 N–H and O–H groups in total. The van der Waals surface area contributed by atoms with Crippen LogP contribution in [0.5, 0.6) is 5.75 Å². The van der Waals surface area contributed by atoms with Crippen molar-refractivity contribution >= 4 is 5.65 Å². The summed E-state index contributed by atoms with van der Waals surface area (Å²) in [6, 6.07) is 3.91. The van der Waals surface area contributed by atoms with Gasteiger partial charge in [0.2, 0.25) is 0 Å². The van der Waals surface area contributed by atoms with Crippen LogP contribution in [-0.2, 0) is 11.2 Å². The molecule has 5 heteroatoms. The van der Waals surface area contributed by atoms with E-state index < -0.39 is 0 Å². The van der Waals surface area contributed by atoms with E-state index in [-0.39, 0.29) is 0 Å². The molecule has 0 saturated carbocycles. The topological polar surface area (TPSA) is 39.0 Å². The van der Waals surface area contributed by atoms with Gasteiger partial charge in [-0.05, 0) is 12.1 Å². The first-order chi connectivity index (χ1) is 9.36. The number of aromatic nitrogens is 2. The van der Waals surface area contributed by atoms with Crippen LogP contribution in [0.2, 0.25) is 0 Å². The van der Waals surface area contributed by atoms with Crippen LogP contribution < -0.4 is 4.74 Å². The first kappa shape index (κ1) is 12.4. The van der Waals surface area contributed by atoms with Gasteiger partial charge in [-0.3, -0.25) is 4.90 Å². The second-order valence-electron chi connectivity index (χ2n) is 4.74. The highest BCUT2D eigenvalue weighted by Crippen LogP contribution is 2.18. The zero-order chi connectivity index (χ0) is 13.1. The third-order valence-corrected chi connectivity index (χ3v) is 3.50. The highest BCUT2D eigenvalue weighted by atomic mass is 16.5. The molecule has 5 nitrogen and oxygen atoms in total. The minimum absolute atomic E-state index is 0.820. The van der Waals surface area contributed by atoms with Gasteiger partial charge in [-0.1, -0.05) is 0 Å². The maximum atomic E-state index is 5.35. The number of morpholine rings is 1. The Hall–Kier alpha value is -1.59. The Kier molecular flexibility index (Phi) is 3.66. The summed E-state index contributed by atoms with van der Waals surface area (Å²) in [6.45, 7) is 4.78. The van der Waals surface area contributed by atoms with Gasteiger partial charge in [0.05, 0.1) is 26.0 Å². The van der Waals surface area contributed by atoms with Crippen molar-refractivity contribution in [1.29, 1.82) is 0 Å². The molecular weight excluding hydrogens is 242 g/mol. The Bertz CT molecular complexity index is 547. The van der Waals surface area contributed by atoms with Crippen LogP contribution in [0.1, 0.15) is 5.69 Å². The lowest BCUT2D eigenvalue weighted by Crippen LogP contribution is -2.37. The number of imidazole rings is 1. The first-order valence-corrected chi connectivity index (χ1v) is 6.67. The van der Waals surface area contributed by atoms with Crippen molar-refractivity contribution in [3.63, 3.8) is 0 Å². The summed E-state index contributed by atoms with van der Waals surface area (Å²) in [5.74, 6) is 0.820. The number of nitrogens with zero attached hydrogens (tertiary/aromatic N) is 3. The van der Waals surface area contributed by atoms with Crippen LogP contribution in [-0.4, -0.2) is 54.2 Å². The Morgan fingerprint density at radius 1 is 1.37 bits per heavy atom. The Balaban J connectivity index is 1.70. The number of hydrogen-bond donors (Lipinski definition) is 0. The predicted molar refractivity (Wildman–Crippen MR) is 72.7 cm³/mol. The average Bonchev–Trinajstić information content (AvgIpc) is 2.89. The van der Waals surface area contributed by atoms with E-state index in [0.29, 0.717) is 0 Å². The molecule has 2 aromatic heterocycles. The van der Waals surface area contributed by atoms with Crippen molar-refractivity contribution in [1.82, 2.24) is 14.3 Å². The average molecular weight is 261 g/mol. The predicted octanol–water partition coefficient (Wildman–Crippen LogP) is 1.22. The molecule has 1 fully saturated rings. The summed E-state index contributed by atoms with van der Waals surface area (Å²) in [4.78, 5) is 7.07. The van der Waals surface area contributed by atoms with Crippen LogP contribution in [0.3, 0.4) is 0 Å². The lowest BCUT2D eigenvalue weighted by Gasteiger charge is -2.26. The number of ether oxygens (including phenoxy) is 2. The summed E-state index contributed by atoms with van der Waals surface area (Å²) < 4.78 is 12.7. The third kappa shape index (κ3) is 2.72. The lowest BCUT2D eigenvalue weighted by atomic mass is 10.3. The molecule has 0 radical (unpaired) electrons. The van der Waals surface area contributed by atoms with Gasteiger partial charge in [0.25, 0.3) is 0 Å². The fourth-order valence-electron chi connectivity index (χ4n) is 2.42. The van der Waals surface area contributed by atoms with Crippen molar-refractivity contribution in [2.24, 2.45) is 0 Å². The number of rotatable bonds is 4. The monoisotopic (exact) mass is 261 g/mol. The van der Waals surface area contributed by atoms with Gasteiger partial charge in [0, 0.05) is 38.4 Å². The molecule has 1 saturated heterocycles. The Labute approximate surface area is 112 Å².